The number of hydrogen-bond donors (Lipinski definition) is 0. The fourth-order valence-electron chi connectivity index (χ4n) is 0. The standard InChI is InChI=1S/2B.2H3P/h;;2*1H3. The Hall–Kier alpha value is 0.990. The molecule has 0 N–H and O–H groups in total. The first-order valence-corrected chi connectivity index (χ1v) is 0. The summed E-state index contributed by atoms with van der Waals surface area (Å²) in [6.07, 6.45) is 0. The maximum Gasteiger partial charge on any atom is 0 e. The monoisotopic (exact) mass is 90.0 g/mol. The van der Waals surface area contributed by atoms with Gasteiger partial charge in [-0.25, -0.2) is 0 Å². The van der Waals surface area contributed by atoms with E-state index in [1.807, 2.05) is 0 Å². The number of rotatable bonds is 0. The van der Waals surface area contributed by atoms with Crippen LogP contribution in [0.4, 0.5) is 0 Å². The minimum Gasteiger partial charge on any atom is -0.153 e. The van der Waals surface area contributed by atoms with Crippen LogP contribution in [0.5, 0.6) is 0 Å². The molecule has 0 aliphatic carbocycles. The highest BCUT2D eigenvalue weighted by molar-refractivity contribution is 6.92. The molecule has 0 rings (SSSR count). The molecule has 6 radical (unpaired) electrons. The van der Waals surface area contributed by atoms with Gasteiger partial charge < -0.3 is 0 Å². The zero-order valence-electron chi connectivity index (χ0n) is 2.57. The zero-order valence-corrected chi connectivity index (χ0v) is 5.40. The molecule has 0 heterocycles. The van der Waals surface area contributed by atoms with Crippen molar-refractivity contribution in [3.63, 3.8) is 0 Å². The van der Waals surface area contributed by atoms with Gasteiger partial charge in [0.1, 0.15) is 0 Å². The van der Waals surface area contributed by atoms with Crippen LogP contribution in [0.3, 0.4) is 0 Å². The summed E-state index contributed by atoms with van der Waals surface area (Å²) in [5.41, 5.74) is 0. The Morgan fingerprint density at radius 2 is 0.500 bits per heavy atom. The lowest BCUT2D eigenvalue weighted by molar-refractivity contribution is 5.75. The van der Waals surface area contributed by atoms with Crippen molar-refractivity contribution < 1.29 is 0 Å². The molecule has 22 valence electrons. The summed E-state index contributed by atoms with van der Waals surface area (Å²) in [6, 6.07) is 0. The lowest BCUT2D eigenvalue weighted by atomic mass is 10.8. The molecule has 2 unspecified atom stereocenters. The van der Waals surface area contributed by atoms with Gasteiger partial charge in [0.15, 0.2) is 0 Å². The highest BCUT2D eigenvalue weighted by atomic mass is 31.0. The van der Waals surface area contributed by atoms with Gasteiger partial charge in [-0.2, -0.15) is 19.8 Å². The van der Waals surface area contributed by atoms with Gasteiger partial charge in [0.25, 0.3) is 0 Å². The molecule has 0 aromatic carbocycles. The summed E-state index contributed by atoms with van der Waals surface area (Å²) >= 11 is 0. The molecule has 0 bridgehead atoms. The molecule has 4 heavy (non-hydrogen) atoms. The highest BCUT2D eigenvalue weighted by Gasteiger charge is 0.00103. The third-order valence-electron chi connectivity index (χ3n) is 0. The van der Waals surface area contributed by atoms with Crippen LogP contribution in [-0.2, 0) is 0 Å². The van der Waals surface area contributed by atoms with E-state index in [1.54, 1.807) is 0 Å². The molecular weight excluding hydrogens is 83.6 g/mol. The molecule has 0 amide bonds. The quantitative estimate of drug-likeness (QED) is 0.274. The van der Waals surface area contributed by atoms with Gasteiger partial charge in [0.2, 0.25) is 0 Å². The molecule has 0 saturated heterocycles. The minimum absolute atomic E-state index is 0. The summed E-state index contributed by atoms with van der Waals surface area (Å²) in [5, 5.41) is 0. The van der Waals surface area contributed by atoms with Crippen LogP contribution in [0.1, 0.15) is 0 Å². The molecule has 0 saturated carbocycles. The molecule has 0 aromatic heterocycles. The van der Waals surface area contributed by atoms with Crippen LogP contribution in [0.2, 0.25) is 0 Å². The van der Waals surface area contributed by atoms with Gasteiger partial charge in [0.05, 0.1) is 0 Å². The summed E-state index contributed by atoms with van der Waals surface area (Å²) in [7, 11) is 0. The Kier molecular flexibility index (Phi) is 738. The molecule has 0 aromatic rings. The van der Waals surface area contributed by atoms with Crippen molar-refractivity contribution in [2.45, 2.75) is 0 Å². The molecular formula is H6B2P2. The van der Waals surface area contributed by atoms with Crippen LogP contribution in [0.25, 0.3) is 0 Å². The van der Waals surface area contributed by atoms with E-state index in [4.69, 9.17) is 0 Å². The summed E-state index contributed by atoms with van der Waals surface area (Å²) in [6.45, 7) is 0. The van der Waals surface area contributed by atoms with Gasteiger partial charge in [-0.1, -0.05) is 0 Å². The average molecular weight is 89.6 g/mol. The fraction of sp³-hybridized carbons (Fsp3) is 0. The first-order valence-electron chi connectivity index (χ1n) is 0. The summed E-state index contributed by atoms with van der Waals surface area (Å²) in [4.78, 5) is 0. The van der Waals surface area contributed by atoms with Gasteiger partial charge in [-0.3, -0.25) is 0 Å². The van der Waals surface area contributed by atoms with Gasteiger partial charge in [0, 0.05) is 16.8 Å². The van der Waals surface area contributed by atoms with E-state index in [9.17, 15) is 0 Å². The van der Waals surface area contributed by atoms with Gasteiger partial charge in [-0.05, 0) is 0 Å². The highest BCUT2D eigenvalue weighted by Crippen LogP contribution is 0.862. The van der Waals surface area contributed by atoms with Crippen LogP contribution in [0.15, 0.2) is 0 Å². The smallest absolute Gasteiger partial charge is 0 e. The van der Waals surface area contributed by atoms with Crippen LogP contribution >= 0.6 is 19.8 Å². The third-order valence-corrected chi connectivity index (χ3v) is 0. The molecule has 0 nitrogen and oxygen atoms in total. The SMILES string of the molecule is P.P.[B].[B]. The lowest BCUT2D eigenvalue weighted by Crippen LogP contribution is -0.382. The predicted molar refractivity (Wildman–Crippen MR) is 33.7 cm³/mol. The lowest BCUT2D eigenvalue weighted by Gasteiger charge is -0.154. The fourth-order valence-corrected chi connectivity index (χ4v) is 0. The Morgan fingerprint density at radius 3 is 0.500 bits per heavy atom. The largest absolute Gasteiger partial charge is 0.153 e. The predicted octanol–water partition coefficient (Wildman–Crippen LogP) is -0.645. The van der Waals surface area contributed by atoms with Crippen molar-refractivity contribution in [2.24, 2.45) is 0 Å². The first kappa shape index (κ1) is 81.1. The molecule has 2 atom stereocenters. The zero-order chi connectivity index (χ0) is 0. The van der Waals surface area contributed by atoms with Gasteiger partial charge >= 0.3 is 0 Å². The van der Waals surface area contributed by atoms with Crippen molar-refractivity contribution in [3.8, 4) is 0 Å². The Bertz CT molecular complexity index is 4.00. The van der Waals surface area contributed by atoms with E-state index in [0.717, 1.165) is 0 Å². The maximum atomic E-state index is 0. The molecule has 0 fully saturated rings. The Labute approximate surface area is 37.5 Å². The van der Waals surface area contributed by atoms with Crippen molar-refractivity contribution in [1.29, 1.82) is 0 Å². The maximum absolute atomic E-state index is 0. The molecule has 0 aliphatic heterocycles. The summed E-state index contributed by atoms with van der Waals surface area (Å²) < 4.78 is 0. The molecule has 0 aliphatic rings. The van der Waals surface area contributed by atoms with E-state index in [-0.39, 0.29) is 36.6 Å². The van der Waals surface area contributed by atoms with Crippen molar-refractivity contribution in [1.82, 2.24) is 0 Å². The Balaban J connectivity index is 0. The van der Waals surface area contributed by atoms with Crippen molar-refractivity contribution >= 4 is 36.6 Å². The topological polar surface area (TPSA) is 0 Å². The second-order valence-electron chi connectivity index (χ2n) is 0. The second-order valence-corrected chi connectivity index (χ2v) is 0. The Morgan fingerprint density at radius 1 is 0.500 bits per heavy atom. The van der Waals surface area contributed by atoms with Crippen LogP contribution in [-0.4, -0.2) is 16.8 Å². The third kappa shape index (κ3) is 12.1. The van der Waals surface area contributed by atoms with Crippen molar-refractivity contribution in [2.75, 3.05) is 0 Å². The average Bonchev–Trinajstić information content (AvgIpc) is 0. The number of hydrogen-bond acceptors (Lipinski definition) is 0. The molecule has 0 spiro atoms. The second kappa shape index (κ2) is 36.4. The van der Waals surface area contributed by atoms with Crippen LogP contribution in [0, 0.1) is 0 Å². The van der Waals surface area contributed by atoms with Crippen molar-refractivity contribution in [3.05, 3.63) is 0 Å². The van der Waals surface area contributed by atoms with Crippen LogP contribution < -0.4 is 0 Å². The van der Waals surface area contributed by atoms with E-state index in [0.29, 0.717) is 0 Å². The van der Waals surface area contributed by atoms with E-state index >= 15 is 0 Å². The van der Waals surface area contributed by atoms with E-state index in [1.165, 1.54) is 0 Å². The molecule has 4 heteroatoms. The normalized spacial score (nSPS) is 0. The first-order chi connectivity index (χ1) is 0. The van der Waals surface area contributed by atoms with E-state index in [2.05, 4.69) is 0 Å². The minimum atomic E-state index is 0. The van der Waals surface area contributed by atoms with E-state index < -0.39 is 0 Å². The summed E-state index contributed by atoms with van der Waals surface area (Å²) in [5.74, 6) is 0. The van der Waals surface area contributed by atoms with Gasteiger partial charge in [-0.15, -0.1) is 0 Å².